The number of imide groups is 2. The van der Waals surface area contributed by atoms with E-state index in [-0.39, 0.29) is 29.6 Å². The van der Waals surface area contributed by atoms with Crippen molar-refractivity contribution >= 4 is 118 Å². The molecular formula is C81H108N3NaO50S. The summed E-state index contributed by atoms with van der Waals surface area (Å²) in [6.45, 7) is 10.4. The molecule has 754 valence electrons. The Labute approximate surface area is 797 Å². The minimum Gasteiger partial charge on any atom is -0.726 e. The first kappa shape index (κ1) is 113. The number of esters is 12. The molecule has 136 heavy (non-hydrogen) atoms. The standard InChI is InChI=1S/C81H109N3O50S.Na/c1-30-56(99)57(100)58(101)75(116-30)132-65-55(84-71(102)45-22-20-21-23-46(45)72(84)103)74(127-52(29-115-135(107,108)109)60(65)130-76-69(124-43(14)97)67(123-42(13)96)62(121-40(11)94)49(128-76)26-112-35(6)89)113-27-50-59(119-38(9)92)64(53(82-31(2)85)73(110-19)126-50)131-77-70(125-44(15)98)68(63(122-41(12)95)51(129-77)28-114-79(106)80(16,17)18)134-81(78(104)105)24-47(117-36(7)90)54(83(32(3)86)33(4)87)66(133-81)61(120-39(10)93)48(118-37(8)91)25-111-34(5)88;/h20-23,30,47-70,73-77,99-101H,24-29H2,1-19H3,(H,82,85)(H,104,105)(H,107,108,109);/q;+1/p-1/t30-,47-,48+,49+,50+,51+,52+,53+,54+,55+,56+,57+,58-,59-,60+,61+,62-,63-,64+,65+,66+,67-,68-,69+,70+,73-,74+,75-,76-,77-,81-;/m0./s1. The molecule has 0 bridgehead atoms. The number of nitrogens with one attached hydrogen (secondary N) is 1. The van der Waals surface area contributed by atoms with Crippen molar-refractivity contribution in [1.29, 1.82) is 0 Å². The van der Waals surface area contributed by atoms with Crippen LogP contribution in [0.5, 0.6) is 0 Å². The molecule has 5 N–H and O–H groups in total. The van der Waals surface area contributed by atoms with Crippen LogP contribution >= 0.6 is 0 Å². The van der Waals surface area contributed by atoms with Gasteiger partial charge in [-0.15, -0.1) is 0 Å². The maximum Gasteiger partial charge on any atom is 1.00 e. The largest absolute Gasteiger partial charge is 1.00 e. The molecule has 31 atom stereocenters. The Morgan fingerprint density at radius 1 is 0.515 bits per heavy atom. The summed E-state index contributed by atoms with van der Waals surface area (Å²) in [5.74, 6) is -27.0. The molecule has 0 spiro atoms. The summed E-state index contributed by atoms with van der Waals surface area (Å²) in [5.41, 5.74) is -2.27. The third-order valence-electron chi connectivity index (χ3n) is 21.1. The van der Waals surface area contributed by atoms with E-state index in [1.54, 1.807) is 0 Å². The van der Waals surface area contributed by atoms with Crippen molar-refractivity contribution in [2.45, 2.75) is 321 Å². The fraction of sp³-hybridized carbons (Fsp3) is 0.704. The number of hydrogen-bond acceptors (Lipinski definition) is 49. The zero-order valence-electron chi connectivity index (χ0n) is 77.2. The van der Waals surface area contributed by atoms with Crippen LogP contribution in [0.4, 0.5) is 0 Å². The zero-order chi connectivity index (χ0) is 101. The van der Waals surface area contributed by atoms with Crippen molar-refractivity contribution in [2.75, 3.05) is 40.1 Å². The molecule has 8 rings (SSSR count). The van der Waals surface area contributed by atoms with Gasteiger partial charge in [-0.25, -0.2) is 13.2 Å². The number of carbonyl (C=O) groups is 18. The number of carboxylic acids is 1. The van der Waals surface area contributed by atoms with Gasteiger partial charge < -0.3 is 144 Å². The van der Waals surface area contributed by atoms with E-state index < -0.39 is 363 Å². The predicted octanol–water partition coefficient (Wildman–Crippen LogP) is -7.00. The fourth-order valence-electron chi connectivity index (χ4n) is 16.0. The van der Waals surface area contributed by atoms with Crippen LogP contribution in [-0.2, 0) is 205 Å². The smallest absolute Gasteiger partial charge is 0.726 e. The van der Waals surface area contributed by atoms with E-state index in [2.05, 4.69) is 5.32 Å². The molecule has 0 unspecified atom stereocenters. The van der Waals surface area contributed by atoms with Gasteiger partial charge in [0.1, 0.15) is 117 Å². The van der Waals surface area contributed by atoms with Crippen LogP contribution in [0, 0.1) is 5.41 Å². The van der Waals surface area contributed by atoms with E-state index in [1.807, 2.05) is 0 Å². The van der Waals surface area contributed by atoms with Gasteiger partial charge in [-0.1, -0.05) is 12.1 Å². The monoisotopic (exact) mass is 1980 g/mol. The van der Waals surface area contributed by atoms with E-state index in [9.17, 15) is 110 Å². The van der Waals surface area contributed by atoms with Gasteiger partial charge in [-0.05, 0) is 39.8 Å². The summed E-state index contributed by atoms with van der Waals surface area (Å²) in [7, 11) is -5.08. The number of methoxy groups -OCH3 is 1. The SMILES string of the molecule is CO[C@H]1O[C@H](CO[C@@H]2O[C@H](COS(=O)(=O)[O-])[C@@H](O[C@@H]3O[C@H](COC(C)=O)[C@H](OC(C)=O)[C@H](OC(C)=O)[C@H]3OC(C)=O)[C@H](O[C@@H]3O[C@@H](C)[C@@H](O)[C@@H](O)[C@@H]3O)[C@H]2N2C(=O)c3ccccc3C2=O)[C@H](OC(C)=O)[C@H](O[C@@H]2O[C@H](COC(=O)C(C)(C)C)[C@H](OC(C)=O)[C@H](O[C@]3(C(=O)O)C[C@H](OC(C)=O)[C@@H](N(C(C)=O)C(C)=O)[C@H]([C@H](OC(C)=O)[C@@H](COC(C)=O)OC(C)=O)O3)[C@H]2OC(C)=O)[C@H]1NC(C)=O.[Na+]. The molecule has 53 nitrogen and oxygen atoms in total. The number of fused-ring (bicyclic) bond motifs is 1. The van der Waals surface area contributed by atoms with E-state index in [1.165, 1.54) is 32.9 Å². The Morgan fingerprint density at radius 3 is 1.42 bits per heavy atom. The molecule has 7 heterocycles. The summed E-state index contributed by atoms with van der Waals surface area (Å²) in [5, 5.41) is 48.9. The molecule has 55 heteroatoms. The summed E-state index contributed by atoms with van der Waals surface area (Å²) < 4.78 is 189. The van der Waals surface area contributed by atoms with E-state index >= 15 is 9.59 Å². The average molecular weight is 1980 g/mol. The number of benzene rings is 1. The molecule has 0 aromatic heterocycles. The maximum atomic E-state index is 15.5. The minimum atomic E-state index is -6.02. The second kappa shape index (κ2) is 48.3. The van der Waals surface area contributed by atoms with Crippen molar-refractivity contribution in [3.05, 3.63) is 35.4 Å². The molecule has 1 aromatic carbocycles. The Bertz CT molecular complexity index is 4630. The molecule has 0 radical (unpaired) electrons. The number of nitrogens with zero attached hydrogens (tertiary/aromatic N) is 2. The van der Waals surface area contributed by atoms with Crippen molar-refractivity contribution < 1.29 is 267 Å². The Morgan fingerprint density at radius 2 is 0.956 bits per heavy atom. The van der Waals surface area contributed by atoms with E-state index in [4.69, 9.17) is 118 Å². The summed E-state index contributed by atoms with van der Waals surface area (Å²) >= 11 is 0. The first-order chi connectivity index (χ1) is 62.9. The summed E-state index contributed by atoms with van der Waals surface area (Å²) in [6, 6.07) is -1.88. The zero-order valence-corrected chi connectivity index (χ0v) is 80.1. The number of aliphatic carboxylic acids is 1. The third kappa shape index (κ3) is 28.8. The molecule has 7 aliphatic heterocycles. The molecule has 6 fully saturated rings. The second-order valence-electron chi connectivity index (χ2n) is 32.8. The second-order valence-corrected chi connectivity index (χ2v) is 33.8. The quantitative estimate of drug-likeness (QED) is 0.0104. The van der Waals surface area contributed by atoms with Crippen molar-refractivity contribution in [3.63, 3.8) is 0 Å². The van der Waals surface area contributed by atoms with Crippen molar-refractivity contribution in [1.82, 2.24) is 15.1 Å². The molecule has 0 saturated carbocycles. The normalized spacial score (nSPS) is 32.6. The third-order valence-corrected chi connectivity index (χ3v) is 21.6. The van der Waals surface area contributed by atoms with Crippen LogP contribution in [0.2, 0.25) is 0 Å². The molecule has 7 aliphatic rings. The number of rotatable bonds is 36. The number of carbonyl (C=O) groups excluding carboxylic acids is 17. The Kier molecular flexibility index (Phi) is 40.2. The first-order valence-electron chi connectivity index (χ1n) is 41.5. The molecule has 0 aliphatic carbocycles. The number of aliphatic hydroxyl groups is 3. The van der Waals surface area contributed by atoms with Gasteiger partial charge in [0, 0.05) is 104 Å². The average Bonchev–Trinajstić information content (AvgIpc) is 1.44. The molecule has 1 aromatic rings. The maximum absolute atomic E-state index is 15.5. The van der Waals surface area contributed by atoms with Crippen LogP contribution in [0.15, 0.2) is 24.3 Å². The first-order valence-corrected chi connectivity index (χ1v) is 42.9. The minimum absolute atomic E-state index is 0. The van der Waals surface area contributed by atoms with Gasteiger partial charge in [0.05, 0.1) is 42.3 Å². The van der Waals surface area contributed by atoms with Crippen LogP contribution in [-0.4, -0.2) is 380 Å². The Balaban J connectivity index is 0.0000252. The molecular weight excluding hydrogens is 1870 g/mol. The number of amides is 5. The molecule has 5 amide bonds. The van der Waals surface area contributed by atoms with Gasteiger partial charge >= 0.3 is 107 Å². The van der Waals surface area contributed by atoms with Crippen LogP contribution in [0.3, 0.4) is 0 Å². The fourth-order valence-corrected chi connectivity index (χ4v) is 16.3. The van der Waals surface area contributed by atoms with Gasteiger partial charge in [0.25, 0.3) is 17.6 Å². The number of carboxylic acid groups (broad SMARTS) is 1. The number of ether oxygens (including phenoxy) is 24. The Hall–Kier alpha value is -9.65. The number of hydrogen-bond donors (Lipinski definition) is 5. The van der Waals surface area contributed by atoms with Gasteiger partial charge in [0.15, 0.2) is 80.3 Å². The number of aliphatic hydroxyl groups excluding tert-OH is 3. The summed E-state index contributed by atoms with van der Waals surface area (Å²) in [6.07, 6.45) is -64.1. The van der Waals surface area contributed by atoms with Crippen LogP contribution in [0.25, 0.3) is 0 Å². The summed E-state index contributed by atoms with van der Waals surface area (Å²) in [4.78, 5) is 249. The molecule has 6 saturated heterocycles. The predicted molar refractivity (Wildman–Crippen MR) is 424 cm³/mol. The van der Waals surface area contributed by atoms with Gasteiger partial charge in [0.2, 0.25) is 28.1 Å². The van der Waals surface area contributed by atoms with E-state index in [0.29, 0.717) is 9.80 Å². The van der Waals surface area contributed by atoms with Crippen molar-refractivity contribution in [3.8, 4) is 0 Å². The van der Waals surface area contributed by atoms with Gasteiger partial charge in [-0.2, -0.15) is 0 Å². The topological polar surface area (TPSA) is 695 Å². The van der Waals surface area contributed by atoms with Gasteiger partial charge in [-0.3, -0.25) is 95.5 Å². The van der Waals surface area contributed by atoms with E-state index in [0.717, 1.165) is 123 Å². The van der Waals surface area contributed by atoms with Crippen LogP contribution in [0.1, 0.15) is 152 Å². The van der Waals surface area contributed by atoms with Crippen LogP contribution < -0.4 is 34.9 Å². The van der Waals surface area contributed by atoms with Crippen molar-refractivity contribution in [2.24, 2.45) is 5.41 Å².